The minimum atomic E-state index is -0.701. The van der Waals surface area contributed by atoms with E-state index < -0.39 is 12.1 Å². The number of hydrogen-bond donors (Lipinski definition) is 2. The Hall–Kier alpha value is -2.13. The number of aliphatic hydroxyl groups is 1. The largest absolute Gasteiger partial charge is 0.497 e. The summed E-state index contributed by atoms with van der Waals surface area (Å²) >= 11 is 3.59. The maximum atomic E-state index is 12.0. The van der Waals surface area contributed by atoms with Gasteiger partial charge in [-0.05, 0) is 73.0 Å². The lowest BCUT2D eigenvalue weighted by Crippen LogP contribution is -2.44. The lowest BCUT2D eigenvalue weighted by molar-refractivity contribution is -0.146. The number of hydrogen-bond acceptors (Lipinski definition) is 7. The van der Waals surface area contributed by atoms with E-state index >= 15 is 0 Å². The van der Waals surface area contributed by atoms with Crippen molar-refractivity contribution in [2.45, 2.75) is 36.0 Å². The van der Waals surface area contributed by atoms with Crippen LogP contribution in [-0.2, 0) is 4.79 Å². The number of piperidine rings is 1. The molecule has 0 bridgehead atoms. The number of rotatable bonds is 11. The van der Waals surface area contributed by atoms with E-state index in [-0.39, 0.29) is 11.8 Å². The number of pyridine rings is 1. The Kier molecular flexibility index (Phi) is 8.83. The standard InChI is InChI=1S/C26H32N2O4S2/c1-32-19-7-8-23-21(16-19)20(9-11-27-23)24(29)5-2-4-18-10-12-28(17-22(18)26(30)31)13-15-34-25-6-3-14-33-25/h3,6-9,11,14,16,18,22,24,29H,2,4-5,10,12-13,15,17H2,1H3,(H,30,31)/t18-,22+,24+/m1/s1. The molecule has 1 saturated heterocycles. The monoisotopic (exact) mass is 500 g/mol. The number of nitrogens with zero attached hydrogens (tertiary/aromatic N) is 2. The predicted molar refractivity (Wildman–Crippen MR) is 138 cm³/mol. The molecule has 0 unspecified atom stereocenters. The van der Waals surface area contributed by atoms with Crippen LogP contribution < -0.4 is 4.74 Å². The molecule has 3 atom stereocenters. The van der Waals surface area contributed by atoms with Crippen molar-refractivity contribution < 1.29 is 19.7 Å². The van der Waals surface area contributed by atoms with Gasteiger partial charge in [-0.15, -0.1) is 23.1 Å². The zero-order chi connectivity index (χ0) is 23.9. The Bertz CT molecular complexity index is 1080. The molecular formula is C26H32N2O4S2. The maximum Gasteiger partial charge on any atom is 0.308 e. The van der Waals surface area contributed by atoms with Crippen molar-refractivity contribution in [2.24, 2.45) is 11.8 Å². The minimum absolute atomic E-state index is 0.153. The SMILES string of the molecule is COc1ccc2nccc([C@@H](O)CCC[C@@H]3CCN(CCSc4cccs4)C[C@@H]3C(=O)O)c2c1. The van der Waals surface area contributed by atoms with E-state index in [1.54, 1.807) is 24.6 Å². The third-order valence-corrected chi connectivity index (χ3v) is 8.81. The second-order valence-electron chi connectivity index (χ2n) is 8.80. The molecule has 182 valence electrons. The number of carbonyl (C=O) groups is 1. The first-order valence-corrected chi connectivity index (χ1v) is 13.6. The van der Waals surface area contributed by atoms with Gasteiger partial charge in [-0.2, -0.15) is 0 Å². The second kappa shape index (κ2) is 12.0. The molecule has 34 heavy (non-hydrogen) atoms. The molecule has 1 aliphatic rings. The van der Waals surface area contributed by atoms with Gasteiger partial charge in [-0.3, -0.25) is 9.78 Å². The Morgan fingerprint density at radius 2 is 2.24 bits per heavy atom. The van der Waals surface area contributed by atoms with E-state index in [4.69, 9.17) is 4.74 Å². The summed E-state index contributed by atoms with van der Waals surface area (Å²) in [6.45, 7) is 2.47. The smallest absolute Gasteiger partial charge is 0.308 e. The summed E-state index contributed by atoms with van der Waals surface area (Å²) in [5.41, 5.74) is 1.67. The highest BCUT2D eigenvalue weighted by Gasteiger charge is 2.33. The van der Waals surface area contributed by atoms with Crippen LogP contribution >= 0.6 is 23.1 Å². The van der Waals surface area contributed by atoms with E-state index in [1.165, 1.54) is 4.21 Å². The van der Waals surface area contributed by atoms with Crippen molar-refractivity contribution in [3.05, 3.63) is 53.5 Å². The van der Waals surface area contributed by atoms with Crippen LogP contribution in [0.15, 0.2) is 52.2 Å². The molecule has 4 rings (SSSR count). The van der Waals surface area contributed by atoms with Gasteiger partial charge in [0.05, 0.1) is 28.9 Å². The van der Waals surface area contributed by atoms with Crippen LogP contribution in [0.4, 0.5) is 0 Å². The molecule has 8 heteroatoms. The topological polar surface area (TPSA) is 82.9 Å². The van der Waals surface area contributed by atoms with Gasteiger partial charge in [0.1, 0.15) is 5.75 Å². The van der Waals surface area contributed by atoms with Crippen LogP contribution in [0.1, 0.15) is 37.4 Å². The number of fused-ring (bicyclic) bond motifs is 1. The molecule has 6 nitrogen and oxygen atoms in total. The summed E-state index contributed by atoms with van der Waals surface area (Å²) in [6.07, 6.45) is 4.21. The summed E-state index contributed by atoms with van der Waals surface area (Å²) in [5, 5.41) is 23.7. The normalized spacial score (nSPS) is 19.8. The van der Waals surface area contributed by atoms with E-state index in [2.05, 4.69) is 27.4 Å². The van der Waals surface area contributed by atoms with E-state index in [1.807, 2.05) is 36.0 Å². The number of benzene rings is 1. The van der Waals surface area contributed by atoms with Gasteiger partial charge in [0.2, 0.25) is 0 Å². The average Bonchev–Trinajstić information content (AvgIpc) is 3.37. The molecule has 2 aromatic heterocycles. The van der Waals surface area contributed by atoms with Gasteiger partial charge in [0, 0.05) is 30.4 Å². The zero-order valence-corrected chi connectivity index (χ0v) is 21.1. The number of ether oxygens (including phenoxy) is 1. The number of aliphatic carboxylic acids is 1. The fourth-order valence-corrected chi connectivity index (χ4v) is 6.67. The zero-order valence-electron chi connectivity index (χ0n) is 19.4. The third kappa shape index (κ3) is 6.30. The average molecular weight is 501 g/mol. The number of thiophene rings is 1. The molecule has 1 aliphatic heterocycles. The Morgan fingerprint density at radius 1 is 1.35 bits per heavy atom. The molecule has 0 spiro atoms. The highest BCUT2D eigenvalue weighted by atomic mass is 32.2. The molecule has 1 fully saturated rings. The Labute approximate surface area is 209 Å². The highest BCUT2D eigenvalue weighted by molar-refractivity contribution is 8.01. The van der Waals surface area contributed by atoms with Crippen LogP contribution in [-0.4, -0.2) is 58.6 Å². The number of aliphatic hydroxyl groups excluding tert-OH is 1. The number of thioether (sulfide) groups is 1. The summed E-state index contributed by atoms with van der Waals surface area (Å²) in [7, 11) is 1.63. The molecule has 0 amide bonds. The molecule has 3 aromatic rings. The predicted octanol–water partition coefficient (Wildman–Crippen LogP) is 5.32. The highest BCUT2D eigenvalue weighted by Crippen LogP contribution is 2.33. The van der Waals surface area contributed by atoms with Crippen LogP contribution in [0.5, 0.6) is 5.75 Å². The molecule has 0 saturated carbocycles. The number of carboxylic acid groups (broad SMARTS) is 1. The van der Waals surface area contributed by atoms with Gasteiger partial charge in [0.25, 0.3) is 0 Å². The first-order valence-electron chi connectivity index (χ1n) is 11.8. The number of carboxylic acids is 1. The lowest BCUT2D eigenvalue weighted by atomic mass is 9.81. The van der Waals surface area contributed by atoms with Crippen molar-refractivity contribution in [3.8, 4) is 5.75 Å². The van der Waals surface area contributed by atoms with Gasteiger partial charge >= 0.3 is 5.97 Å². The van der Waals surface area contributed by atoms with E-state index in [9.17, 15) is 15.0 Å². The minimum Gasteiger partial charge on any atom is -0.497 e. The van der Waals surface area contributed by atoms with Gasteiger partial charge in [-0.25, -0.2) is 0 Å². The van der Waals surface area contributed by atoms with Crippen LogP contribution in [0, 0.1) is 11.8 Å². The van der Waals surface area contributed by atoms with Gasteiger partial charge < -0.3 is 19.8 Å². The summed E-state index contributed by atoms with van der Waals surface area (Å²) in [6, 6.07) is 11.7. The van der Waals surface area contributed by atoms with Gasteiger partial charge in [-0.1, -0.05) is 12.5 Å². The quantitative estimate of drug-likeness (QED) is 0.345. The van der Waals surface area contributed by atoms with Gasteiger partial charge in [0.15, 0.2) is 0 Å². The van der Waals surface area contributed by atoms with Crippen LogP contribution in [0.2, 0.25) is 0 Å². The Balaban J connectivity index is 1.29. The van der Waals surface area contributed by atoms with E-state index in [0.29, 0.717) is 13.0 Å². The van der Waals surface area contributed by atoms with Crippen molar-refractivity contribution in [1.29, 1.82) is 0 Å². The summed E-state index contributed by atoms with van der Waals surface area (Å²) in [5.74, 6) is 0.824. The molecule has 1 aromatic carbocycles. The lowest BCUT2D eigenvalue weighted by Gasteiger charge is -2.36. The molecule has 0 radical (unpaired) electrons. The molecule has 0 aliphatic carbocycles. The molecule has 3 heterocycles. The summed E-state index contributed by atoms with van der Waals surface area (Å²) < 4.78 is 6.64. The second-order valence-corrected chi connectivity index (χ2v) is 11.1. The molecule has 2 N–H and O–H groups in total. The fraction of sp³-hybridized carbons (Fsp3) is 0.462. The maximum absolute atomic E-state index is 12.0. The van der Waals surface area contributed by atoms with E-state index in [0.717, 1.165) is 60.3 Å². The first-order chi connectivity index (χ1) is 16.5. The fourth-order valence-electron chi connectivity index (χ4n) is 4.81. The van der Waals surface area contributed by atoms with Crippen LogP contribution in [0.25, 0.3) is 10.9 Å². The third-order valence-electron chi connectivity index (χ3n) is 6.70. The van der Waals surface area contributed by atoms with Crippen molar-refractivity contribution in [1.82, 2.24) is 9.88 Å². The molecular weight excluding hydrogens is 468 g/mol. The summed E-state index contributed by atoms with van der Waals surface area (Å²) in [4.78, 5) is 18.7. The van der Waals surface area contributed by atoms with Crippen molar-refractivity contribution in [2.75, 3.05) is 32.5 Å². The van der Waals surface area contributed by atoms with Crippen LogP contribution in [0.3, 0.4) is 0 Å². The number of aromatic nitrogens is 1. The van der Waals surface area contributed by atoms with Crippen molar-refractivity contribution in [3.63, 3.8) is 0 Å². The number of likely N-dealkylation sites (tertiary alicyclic amines) is 1. The number of methoxy groups -OCH3 is 1. The Morgan fingerprint density at radius 3 is 3.00 bits per heavy atom. The van der Waals surface area contributed by atoms with Crippen molar-refractivity contribution >= 4 is 40.0 Å². The first kappa shape index (κ1) is 25.0.